The number of ether oxygens (including phenoxy) is 1. The third kappa shape index (κ3) is 3.94. The molecule has 0 saturated carbocycles. The van der Waals surface area contributed by atoms with Gasteiger partial charge in [-0.3, -0.25) is 4.90 Å². The number of rotatable bonds is 4. The van der Waals surface area contributed by atoms with Crippen LogP contribution in [0.2, 0.25) is 0 Å². The summed E-state index contributed by atoms with van der Waals surface area (Å²) in [6, 6.07) is 3.94. The van der Waals surface area contributed by atoms with Crippen LogP contribution in [-0.2, 0) is 4.74 Å². The number of anilines is 1. The molecule has 1 fully saturated rings. The molecule has 0 aliphatic carbocycles. The van der Waals surface area contributed by atoms with Crippen LogP contribution in [0.25, 0.3) is 0 Å². The fourth-order valence-electron chi connectivity index (χ4n) is 1.89. The van der Waals surface area contributed by atoms with Gasteiger partial charge in [0, 0.05) is 30.3 Å². The van der Waals surface area contributed by atoms with Crippen LogP contribution < -0.4 is 5.32 Å². The second-order valence-electron chi connectivity index (χ2n) is 4.13. The minimum Gasteiger partial charge on any atom is -0.374 e. The first-order chi connectivity index (χ1) is 8.28. The zero-order valence-corrected chi connectivity index (χ0v) is 11.6. The Kier molecular flexibility index (Phi) is 4.76. The molecule has 1 atom stereocenters. The van der Waals surface area contributed by atoms with Gasteiger partial charge in [-0.2, -0.15) is 0 Å². The van der Waals surface area contributed by atoms with E-state index in [9.17, 15) is 0 Å². The van der Waals surface area contributed by atoms with Gasteiger partial charge >= 0.3 is 0 Å². The van der Waals surface area contributed by atoms with Gasteiger partial charge in [-0.25, -0.2) is 4.98 Å². The molecule has 0 spiro atoms. The Morgan fingerprint density at radius 3 is 3.18 bits per heavy atom. The minimum absolute atomic E-state index is 0.258. The zero-order chi connectivity index (χ0) is 12.1. The Morgan fingerprint density at radius 1 is 1.59 bits per heavy atom. The van der Waals surface area contributed by atoms with Gasteiger partial charge in [0.25, 0.3) is 0 Å². The van der Waals surface area contributed by atoms with E-state index in [1.54, 1.807) is 6.20 Å². The van der Waals surface area contributed by atoms with E-state index in [2.05, 4.69) is 38.1 Å². The molecule has 1 unspecified atom stereocenters. The molecule has 5 heteroatoms. The highest BCUT2D eigenvalue weighted by Gasteiger charge is 2.18. The van der Waals surface area contributed by atoms with Crippen LogP contribution in [0.15, 0.2) is 22.8 Å². The number of nitrogens with zero attached hydrogens (tertiary/aromatic N) is 2. The Balaban J connectivity index is 1.79. The number of hydrogen-bond acceptors (Lipinski definition) is 4. The number of hydrogen-bond donors (Lipinski definition) is 1. The minimum atomic E-state index is 0.258. The first kappa shape index (κ1) is 12.8. The van der Waals surface area contributed by atoms with Gasteiger partial charge in [0.1, 0.15) is 5.82 Å². The molecule has 0 amide bonds. The van der Waals surface area contributed by atoms with E-state index >= 15 is 0 Å². The van der Waals surface area contributed by atoms with Crippen LogP contribution >= 0.6 is 15.9 Å². The van der Waals surface area contributed by atoms with E-state index in [-0.39, 0.29) is 6.10 Å². The normalized spacial score (nSPS) is 21.4. The molecule has 1 N–H and O–H groups in total. The van der Waals surface area contributed by atoms with Gasteiger partial charge in [-0.05, 0) is 34.6 Å². The van der Waals surface area contributed by atoms with Crippen LogP contribution in [-0.4, -0.2) is 48.8 Å². The van der Waals surface area contributed by atoms with Crippen molar-refractivity contribution in [2.24, 2.45) is 0 Å². The lowest BCUT2D eigenvalue weighted by Gasteiger charge is -2.32. The summed E-state index contributed by atoms with van der Waals surface area (Å²) in [5.41, 5.74) is 0. The molecule has 2 heterocycles. The van der Waals surface area contributed by atoms with Gasteiger partial charge in [-0.15, -0.1) is 0 Å². The molecule has 1 aliphatic rings. The smallest absolute Gasteiger partial charge is 0.126 e. The molecular weight excluding hydrogens is 282 g/mol. The van der Waals surface area contributed by atoms with Crippen molar-refractivity contribution in [3.05, 3.63) is 22.8 Å². The lowest BCUT2D eigenvalue weighted by atomic mass is 10.2. The lowest BCUT2D eigenvalue weighted by molar-refractivity contribution is -0.0192. The van der Waals surface area contributed by atoms with Crippen LogP contribution in [0.3, 0.4) is 0 Å². The van der Waals surface area contributed by atoms with Gasteiger partial charge in [-0.1, -0.05) is 6.92 Å². The van der Waals surface area contributed by atoms with E-state index in [1.165, 1.54) is 0 Å². The molecule has 1 aromatic rings. The van der Waals surface area contributed by atoms with Crippen molar-refractivity contribution < 1.29 is 4.74 Å². The second-order valence-corrected chi connectivity index (χ2v) is 5.04. The summed E-state index contributed by atoms with van der Waals surface area (Å²) in [5.74, 6) is 0.894. The van der Waals surface area contributed by atoms with Gasteiger partial charge in [0.15, 0.2) is 0 Å². The molecule has 4 nitrogen and oxygen atoms in total. The largest absolute Gasteiger partial charge is 0.374 e. The standard InChI is InChI=1S/C12H18BrN3O/c1-2-16-5-6-17-11(9-16)8-15-12-4-3-10(13)7-14-12/h3-4,7,11H,2,5-6,8-9H2,1H3,(H,14,15). The molecule has 0 radical (unpaired) electrons. The second kappa shape index (κ2) is 6.33. The van der Waals surface area contributed by atoms with Crippen molar-refractivity contribution in [1.82, 2.24) is 9.88 Å². The molecule has 17 heavy (non-hydrogen) atoms. The van der Waals surface area contributed by atoms with Crippen molar-refractivity contribution >= 4 is 21.7 Å². The molecule has 94 valence electrons. The summed E-state index contributed by atoms with van der Waals surface area (Å²) in [4.78, 5) is 6.68. The van der Waals surface area contributed by atoms with Crippen molar-refractivity contribution in [3.63, 3.8) is 0 Å². The van der Waals surface area contributed by atoms with E-state index < -0.39 is 0 Å². The third-order valence-electron chi connectivity index (χ3n) is 2.91. The fourth-order valence-corrected chi connectivity index (χ4v) is 2.12. The van der Waals surface area contributed by atoms with Crippen LogP contribution in [0.1, 0.15) is 6.92 Å². The first-order valence-corrected chi connectivity index (χ1v) is 6.76. The Labute approximate surface area is 110 Å². The number of halogens is 1. The van der Waals surface area contributed by atoms with Crippen molar-refractivity contribution in [2.45, 2.75) is 13.0 Å². The number of likely N-dealkylation sites (N-methyl/N-ethyl adjacent to an activating group) is 1. The SMILES string of the molecule is CCN1CCOC(CNc2ccc(Br)cn2)C1. The fraction of sp³-hybridized carbons (Fsp3) is 0.583. The average molecular weight is 300 g/mol. The molecule has 2 rings (SSSR count). The molecule has 0 bridgehead atoms. The maximum absolute atomic E-state index is 5.71. The van der Waals surface area contributed by atoms with E-state index in [0.29, 0.717) is 0 Å². The van der Waals surface area contributed by atoms with Crippen molar-refractivity contribution in [2.75, 3.05) is 38.1 Å². The zero-order valence-electron chi connectivity index (χ0n) is 10.0. The molecule has 1 aromatic heterocycles. The van der Waals surface area contributed by atoms with Crippen molar-refractivity contribution in [3.8, 4) is 0 Å². The summed E-state index contributed by atoms with van der Waals surface area (Å²) in [6.45, 7) is 6.96. The number of pyridine rings is 1. The summed E-state index contributed by atoms with van der Waals surface area (Å²) >= 11 is 3.37. The average Bonchev–Trinajstić information content (AvgIpc) is 2.38. The summed E-state index contributed by atoms with van der Waals surface area (Å²) in [6.07, 6.45) is 2.05. The lowest BCUT2D eigenvalue weighted by Crippen LogP contribution is -2.45. The van der Waals surface area contributed by atoms with E-state index in [0.717, 1.165) is 43.1 Å². The van der Waals surface area contributed by atoms with Gasteiger partial charge < -0.3 is 10.1 Å². The van der Waals surface area contributed by atoms with E-state index in [1.807, 2.05) is 12.1 Å². The van der Waals surface area contributed by atoms with Crippen molar-refractivity contribution in [1.29, 1.82) is 0 Å². The van der Waals surface area contributed by atoms with Gasteiger partial charge in [0.2, 0.25) is 0 Å². The molecular formula is C12H18BrN3O. The predicted molar refractivity (Wildman–Crippen MR) is 72.3 cm³/mol. The third-order valence-corrected chi connectivity index (χ3v) is 3.38. The quantitative estimate of drug-likeness (QED) is 0.922. The molecule has 1 saturated heterocycles. The Hall–Kier alpha value is -0.650. The predicted octanol–water partition coefficient (Wildman–Crippen LogP) is 1.98. The number of nitrogens with one attached hydrogen (secondary N) is 1. The first-order valence-electron chi connectivity index (χ1n) is 5.97. The van der Waals surface area contributed by atoms with Gasteiger partial charge in [0.05, 0.1) is 12.7 Å². The highest BCUT2D eigenvalue weighted by Crippen LogP contribution is 2.11. The summed E-state index contributed by atoms with van der Waals surface area (Å²) in [7, 11) is 0. The maximum Gasteiger partial charge on any atom is 0.126 e. The van der Waals surface area contributed by atoms with Crippen LogP contribution in [0.4, 0.5) is 5.82 Å². The highest BCUT2D eigenvalue weighted by molar-refractivity contribution is 9.10. The highest BCUT2D eigenvalue weighted by atomic mass is 79.9. The summed E-state index contributed by atoms with van der Waals surface area (Å²) in [5, 5.41) is 3.30. The number of aromatic nitrogens is 1. The van der Waals surface area contributed by atoms with Crippen LogP contribution in [0.5, 0.6) is 0 Å². The molecule has 1 aliphatic heterocycles. The maximum atomic E-state index is 5.71. The Morgan fingerprint density at radius 2 is 2.47 bits per heavy atom. The Bertz CT molecular complexity index is 344. The monoisotopic (exact) mass is 299 g/mol. The topological polar surface area (TPSA) is 37.4 Å². The number of morpholine rings is 1. The van der Waals surface area contributed by atoms with E-state index in [4.69, 9.17) is 4.74 Å². The summed E-state index contributed by atoms with van der Waals surface area (Å²) < 4.78 is 6.71. The van der Waals surface area contributed by atoms with Crippen LogP contribution in [0, 0.1) is 0 Å². The molecule has 0 aromatic carbocycles.